The normalized spacial score (nSPS) is 13.6. The third kappa shape index (κ3) is 8.70. The van der Waals surface area contributed by atoms with E-state index in [9.17, 15) is 14.4 Å². The standard InChI is InChI=1S/C46H52N2O6/c1-30(2)23-32(44(50)54-46(3,4)5)26-43(49)42(25-33-28-48(41-22-13-12-17-35(33)41)27-31-15-14-16-34(24-31)52-7)47(6)45(51)53-29-40-38-20-10-8-18-36(38)37-19-9-11-21-39(37)40/h8-22,24,28,30,32,40,42H,23,25-27,29H2,1-7H3/t32-,42+/m1/s1. The second-order valence-corrected chi connectivity index (χ2v) is 15.8. The van der Waals surface area contributed by atoms with Crippen LogP contribution >= 0.6 is 0 Å². The number of hydrogen-bond acceptors (Lipinski definition) is 6. The summed E-state index contributed by atoms with van der Waals surface area (Å²) in [6.07, 6.45) is 2.15. The van der Waals surface area contributed by atoms with Gasteiger partial charge in [0.2, 0.25) is 0 Å². The van der Waals surface area contributed by atoms with Crippen LogP contribution in [-0.4, -0.2) is 59.7 Å². The number of ketones is 1. The molecule has 1 aliphatic carbocycles. The van der Waals surface area contributed by atoms with E-state index in [4.69, 9.17) is 14.2 Å². The average Bonchev–Trinajstić information content (AvgIpc) is 3.66. The van der Waals surface area contributed by atoms with E-state index in [1.807, 2.05) is 95.3 Å². The molecule has 0 N–H and O–H groups in total. The molecule has 282 valence electrons. The molecular weight excluding hydrogens is 677 g/mol. The van der Waals surface area contributed by atoms with E-state index in [0.29, 0.717) is 13.0 Å². The molecule has 0 spiro atoms. The number of rotatable bonds is 14. The van der Waals surface area contributed by atoms with Gasteiger partial charge in [-0.2, -0.15) is 0 Å². The first-order valence-electron chi connectivity index (χ1n) is 18.9. The number of carbonyl (C=O) groups excluding carboxylic acids is 3. The fourth-order valence-electron chi connectivity index (χ4n) is 7.68. The summed E-state index contributed by atoms with van der Waals surface area (Å²) in [5.41, 5.74) is 6.80. The molecule has 4 aromatic carbocycles. The van der Waals surface area contributed by atoms with Gasteiger partial charge in [0.1, 0.15) is 18.0 Å². The lowest BCUT2D eigenvalue weighted by Crippen LogP contribution is -2.45. The summed E-state index contributed by atoms with van der Waals surface area (Å²) in [6, 6.07) is 31.5. The number of benzene rings is 4. The van der Waals surface area contributed by atoms with Gasteiger partial charge in [-0.1, -0.05) is 92.7 Å². The van der Waals surface area contributed by atoms with Crippen molar-refractivity contribution < 1.29 is 28.6 Å². The highest BCUT2D eigenvalue weighted by molar-refractivity contribution is 5.92. The number of esters is 1. The molecule has 0 unspecified atom stereocenters. The van der Waals surface area contributed by atoms with Crippen LogP contribution < -0.4 is 4.74 Å². The fraction of sp³-hybridized carbons (Fsp3) is 0.370. The van der Waals surface area contributed by atoms with Crippen LogP contribution in [0, 0.1) is 11.8 Å². The Morgan fingerprint density at radius 2 is 1.50 bits per heavy atom. The molecule has 1 heterocycles. The van der Waals surface area contributed by atoms with Crippen molar-refractivity contribution in [1.82, 2.24) is 9.47 Å². The molecule has 0 saturated heterocycles. The van der Waals surface area contributed by atoms with Crippen LogP contribution in [-0.2, 0) is 32.0 Å². The zero-order chi connectivity index (χ0) is 38.6. The van der Waals surface area contributed by atoms with E-state index < -0.39 is 29.6 Å². The first-order valence-corrected chi connectivity index (χ1v) is 18.9. The Hall–Kier alpha value is -5.37. The van der Waals surface area contributed by atoms with Crippen molar-refractivity contribution in [1.29, 1.82) is 0 Å². The molecular formula is C46H52N2O6. The molecule has 1 amide bonds. The molecule has 6 rings (SSSR count). The molecule has 1 aromatic heterocycles. The lowest BCUT2D eigenvalue weighted by atomic mass is 9.88. The van der Waals surface area contributed by atoms with Gasteiger partial charge >= 0.3 is 12.1 Å². The highest BCUT2D eigenvalue weighted by atomic mass is 16.6. The second kappa shape index (κ2) is 16.3. The van der Waals surface area contributed by atoms with Crippen molar-refractivity contribution in [2.75, 3.05) is 20.8 Å². The molecule has 0 aliphatic heterocycles. The van der Waals surface area contributed by atoms with Gasteiger partial charge in [-0.05, 0) is 84.7 Å². The number of carbonyl (C=O) groups is 3. The highest BCUT2D eigenvalue weighted by Gasteiger charge is 2.36. The lowest BCUT2D eigenvalue weighted by Gasteiger charge is -2.29. The van der Waals surface area contributed by atoms with E-state index in [1.165, 1.54) is 4.90 Å². The quantitative estimate of drug-likeness (QED) is 0.106. The third-order valence-corrected chi connectivity index (χ3v) is 10.2. The van der Waals surface area contributed by atoms with Gasteiger partial charge < -0.3 is 23.7 Å². The average molecular weight is 729 g/mol. The second-order valence-electron chi connectivity index (χ2n) is 15.8. The number of amides is 1. The van der Waals surface area contributed by atoms with Gasteiger partial charge in [-0.25, -0.2) is 4.79 Å². The molecule has 0 fully saturated rings. The first kappa shape index (κ1) is 38.4. The summed E-state index contributed by atoms with van der Waals surface area (Å²) in [7, 11) is 3.28. The van der Waals surface area contributed by atoms with E-state index in [2.05, 4.69) is 47.2 Å². The topological polar surface area (TPSA) is 87.1 Å². The number of aromatic nitrogens is 1. The van der Waals surface area contributed by atoms with Gasteiger partial charge in [-0.3, -0.25) is 9.59 Å². The molecule has 1 aliphatic rings. The number of hydrogen-bond donors (Lipinski definition) is 0. The van der Waals surface area contributed by atoms with Crippen molar-refractivity contribution in [3.63, 3.8) is 0 Å². The zero-order valence-corrected chi connectivity index (χ0v) is 32.5. The number of fused-ring (bicyclic) bond motifs is 4. The Morgan fingerprint density at radius 1 is 0.852 bits per heavy atom. The molecule has 54 heavy (non-hydrogen) atoms. The molecule has 8 nitrogen and oxygen atoms in total. The Bertz CT molecular complexity index is 2080. The van der Waals surface area contributed by atoms with E-state index in [0.717, 1.165) is 50.0 Å². The van der Waals surface area contributed by atoms with E-state index >= 15 is 0 Å². The molecule has 5 aromatic rings. The van der Waals surface area contributed by atoms with Crippen LogP contribution in [0.1, 0.15) is 75.6 Å². The summed E-state index contributed by atoms with van der Waals surface area (Å²) in [5.74, 6) is -0.455. The van der Waals surface area contributed by atoms with E-state index in [-0.39, 0.29) is 37.1 Å². The number of likely N-dealkylation sites (N-methyl/N-ethyl adjacent to an activating group) is 1. The van der Waals surface area contributed by atoms with Crippen LogP contribution in [0.5, 0.6) is 5.75 Å². The van der Waals surface area contributed by atoms with Gasteiger partial charge in [-0.15, -0.1) is 0 Å². The third-order valence-electron chi connectivity index (χ3n) is 10.2. The van der Waals surface area contributed by atoms with Gasteiger partial charge in [0.15, 0.2) is 5.78 Å². The molecule has 2 atom stereocenters. The molecule has 8 heteroatoms. The fourth-order valence-corrected chi connectivity index (χ4v) is 7.68. The highest BCUT2D eigenvalue weighted by Crippen LogP contribution is 2.44. The summed E-state index contributed by atoms with van der Waals surface area (Å²) >= 11 is 0. The number of nitrogens with zero attached hydrogens (tertiary/aromatic N) is 2. The summed E-state index contributed by atoms with van der Waals surface area (Å²) in [5, 5.41) is 0.991. The maximum Gasteiger partial charge on any atom is 0.410 e. The van der Waals surface area contributed by atoms with Gasteiger partial charge in [0.25, 0.3) is 0 Å². The monoisotopic (exact) mass is 728 g/mol. The van der Waals surface area contributed by atoms with Crippen LogP contribution in [0.15, 0.2) is 103 Å². The Balaban J connectivity index is 1.30. The maximum atomic E-state index is 14.6. The van der Waals surface area contributed by atoms with Crippen molar-refractivity contribution in [3.05, 3.63) is 126 Å². The largest absolute Gasteiger partial charge is 0.497 e. The minimum atomic E-state index is -0.895. The Morgan fingerprint density at radius 3 is 2.15 bits per heavy atom. The van der Waals surface area contributed by atoms with Crippen LogP contribution in [0.2, 0.25) is 0 Å². The minimum Gasteiger partial charge on any atom is -0.497 e. The van der Waals surface area contributed by atoms with Crippen LogP contribution in [0.4, 0.5) is 4.79 Å². The Kier molecular flexibility index (Phi) is 11.6. The summed E-state index contributed by atoms with van der Waals surface area (Å²) in [4.78, 5) is 43.5. The van der Waals surface area contributed by atoms with Crippen LogP contribution in [0.3, 0.4) is 0 Å². The Labute approximate surface area is 319 Å². The smallest absolute Gasteiger partial charge is 0.410 e. The predicted octanol–water partition coefficient (Wildman–Crippen LogP) is 9.45. The maximum absolute atomic E-state index is 14.6. The number of methoxy groups -OCH3 is 1. The molecule has 0 bridgehead atoms. The SMILES string of the molecule is COc1cccc(Cn2cc(C[C@@H](C(=O)C[C@@H](CC(C)C)C(=O)OC(C)(C)C)N(C)C(=O)OCC3c4ccccc4-c4ccccc43)c3ccccc32)c1. The van der Waals surface area contributed by atoms with Crippen molar-refractivity contribution in [2.45, 2.75) is 78.0 Å². The lowest BCUT2D eigenvalue weighted by molar-refractivity contribution is -0.162. The molecule has 0 radical (unpaired) electrons. The number of ether oxygens (including phenoxy) is 3. The van der Waals surface area contributed by atoms with Gasteiger partial charge in [0, 0.05) is 49.5 Å². The predicted molar refractivity (Wildman–Crippen MR) is 213 cm³/mol. The minimum absolute atomic E-state index is 0.0544. The summed E-state index contributed by atoms with van der Waals surface area (Å²) < 4.78 is 19.5. The van der Waals surface area contributed by atoms with Crippen LogP contribution in [0.25, 0.3) is 22.0 Å². The van der Waals surface area contributed by atoms with Gasteiger partial charge in [0.05, 0.1) is 19.1 Å². The first-order chi connectivity index (χ1) is 25.8. The van der Waals surface area contributed by atoms with Crippen molar-refractivity contribution in [3.8, 4) is 16.9 Å². The number of para-hydroxylation sites is 1. The number of Topliss-reactive ketones (excluding diaryl/α,β-unsaturated/α-hetero) is 1. The summed E-state index contributed by atoms with van der Waals surface area (Å²) in [6.45, 7) is 10.3. The van der Waals surface area contributed by atoms with Crippen molar-refractivity contribution in [2.24, 2.45) is 11.8 Å². The molecule has 0 saturated carbocycles. The van der Waals surface area contributed by atoms with E-state index in [1.54, 1.807) is 14.2 Å². The zero-order valence-electron chi connectivity index (χ0n) is 32.5. The van der Waals surface area contributed by atoms with Crippen molar-refractivity contribution >= 4 is 28.7 Å².